The van der Waals surface area contributed by atoms with Crippen LogP contribution >= 0.6 is 0 Å². The molecule has 1 N–H and O–H groups in total. The van der Waals surface area contributed by atoms with Gasteiger partial charge in [0.2, 0.25) is 0 Å². The minimum atomic E-state index is -0.650. The Morgan fingerprint density at radius 1 is 1.11 bits per heavy atom. The summed E-state index contributed by atoms with van der Waals surface area (Å²) in [5, 5.41) is 18.2. The van der Waals surface area contributed by atoms with Crippen LogP contribution < -0.4 is 4.74 Å². The van der Waals surface area contributed by atoms with Crippen LogP contribution in [0.25, 0.3) is 0 Å². The quantitative estimate of drug-likeness (QED) is 0.472. The van der Waals surface area contributed by atoms with E-state index >= 15 is 0 Å². The molecule has 0 aliphatic carbocycles. The first kappa shape index (κ1) is 21.4. The molecular formula is C22H28N2O4. The van der Waals surface area contributed by atoms with Crippen molar-refractivity contribution >= 4 is 11.7 Å². The van der Waals surface area contributed by atoms with E-state index in [1.807, 2.05) is 45.9 Å². The number of hydrogen-bond donors (Lipinski definition) is 1. The number of nitrogens with zero attached hydrogens (tertiary/aromatic N) is 2. The Balaban J connectivity index is 2.23. The number of carbonyl (C=O) groups excluding carboxylic acids is 1. The molecule has 0 aliphatic heterocycles. The predicted octanol–water partition coefficient (Wildman–Crippen LogP) is 5.96. The second-order valence-corrected chi connectivity index (χ2v) is 7.03. The largest absolute Gasteiger partial charge is 0.508 e. The zero-order chi connectivity index (χ0) is 20.8. The van der Waals surface area contributed by atoms with Crippen molar-refractivity contribution in [3.8, 4) is 17.2 Å². The molecule has 0 radical (unpaired) electrons. The SMILES string of the molecule is CCOC(=O)C(C)N=Nc1cc(C)c(Oc2ccc(O)c(C(C)C)c2)c(C)c1. The zero-order valence-electron chi connectivity index (χ0n) is 17.3. The standard InChI is InChI=1S/C22H28N2O4/c1-7-27-22(26)16(6)23-24-17-10-14(4)21(15(5)11-17)28-18-8-9-20(25)19(12-18)13(2)3/h8-13,16,25H,7H2,1-6H3. The summed E-state index contributed by atoms with van der Waals surface area (Å²) in [4.78, 5) is 11.6. The van der Waals surface area contributed by atoms with Gasteiger partial charge in [0.1, 0.15) is 17.2 Å². The van der Waals surface area contributed by atoms with E-state index in [1.165, 1.54) is 0 Å². The van der Waals surface area contributed by atoms with E-state index < -0.39 is 12.0 Å². The summed E-state index contributed by atoms with van der Waals surface area (Å²) in [5.74, 6) is 1.46. The van der Waals surface area contributed by atoms with E-state index in [2.05, 4.69) is 10.2 Å². The second kappa shape index (κ2) is 9.35. The van der Waals surface area contributed by atoms with Gasteiger partial charge in [-0.05, 0) is 75.1 Å². The number of phenolic OH excluding ortho intramolecular Hbond substituents is 1. The number of aryl methyl sites for hydroxylation is 2. The van der Waals surface area contributed by atoms with Crippen molar-refractivity contribution in [1.82, 2.24) is 0 Å². The second-order valence-electron chi connectivity index (χ2n) is 7.03. The maximum Gasteiger partial charge on any atom is 0.332 e. The molecular weight excluding hydrogens is 356 g/mol. The van der Waals surface area contributed by atoms with Gasteiger partial charge in [-0.2, -0.15) is 10.2 Å². The van der Waals surface area contributed by atoms with Crippen molar-refractivity contribution in [2.24, 2.45) is 10.2 Å². The third-order valence-electron chi connectivity index (χ3n) is 4.26. The highest BCUT2D eigenvalue weighted by atomic mass is 16.5. The molecule has 6 nitrogen and oxygen atoms in total. The number of benzene rings is 2. The zero-order valence-corrected chi connectivity index (χ0v) is 17.3. The van der Waals surface area contributed by atoms with E-state index in [0.29, 0.717) is 18.0 Å². The summed E-state index contributed by atoms with van der Waals surface area (Å²) < 4.78 is 11.0. The van der Waals surface area contributed by atoms with Gasteiger partial charge in [-0.3, -0.25) is 0 Å². The van der Waals surface area contributed by atoms with Gasteiger partial charge < -0.3 is 14.6 Å². The molecule has 0 fully saturated rings. The molecule has 0 amide bonds. The minimum Gasteiger partial charge on any atom is -0.508 e. The summed E-state index contributed by atoms with van der Waals surface area (Å²) in [6.07, 6.45) is 0. The molecule has 2 aromatic rings. The highest BCUT2D eigenvalue weighted by Crippen LogP contribution is 2.35. The van der Waals surface area contributed by atoms with E-state index in [-0.39, 0.29) is 11.7 Å². The van der Waals surface area contributed by atoms with Crippen LogP contribution in [0.15, 0.2) is 40.6 Å². The number of ether oxygens (including phenoxy) is 2. The molecule has 0 heterocycles. The Hall–Kier alpha value is -2.89. The van der Waals surface area contributed by atoms with Crippen LogP contribution in [0.5, 0.6) is 17.2 Å². The Morgan fingerprint density at radius 3 is 2.32 bits per heavy atom. The number of azo groups is 1. The molecule has 1 unspecified atom stereocenters. The van der Waals surface area contributed by atoms with Crippen molar-refractivity contribution < 1.29 is 19.4 Å². The third kappa shape index (κ3) is 5.31. The average Bonchev–Trinajstić information content (AvgIpc) is 2.63. The first-order valence-corrected chi connectivity index (χ1v) is 9.42. The predicted molar refractivity (Wildman–Crippen MR) is 109 cm³/mol. The topological polar surface area (TPSA) is 80.5 Å². The van der Waals surface area contributed by atoms with Crippen molar-refractivity contribution in [3.63, 3.8) is 0 Å². The number of esters is 1. The summed E-state index contributed by atoms with van der Waals surface area (Å²) in [6.45, 7) is 11.6. The van der Waals surface area contributed by atoms with Crippen LogP contribution in [0.4, 0.5) is 5.69 Å². The first-order valence-electron chi connectivity index (χ1n) is 9.42. The molecule has 6 heteroatoms. The first-order chi connectivity index (χ1) is 13.2. The number of aromatic hydroxyl groups is 1. The summed E-state index contributed by atoms with van der Waals surface area (Å²) in [6, 6.07) is 8.31. The van der Waals surface area contributed by atoms with Crippen LogP contribution in [0.2, 0.25) is 0 Å². The number of carbonyl (C=O) groups is 1. The molecule has 2 rings (SSSR count). The van der Waals surface area contributed by atoms with E-state index in [1.54, 1.807) is 26.0 Å². The number of phenols is 1. The molecule has 28 heavy (non-hydrogen) atoms. The third-order valence-corrected chi connectivity index (χ3v) is 4.26. The molecule has 1 atom stereocenters. The highest BCUT2D eigenvalue weighted by Gasteiger charge is 2.14. The number of rotatable bonds is 7. The Morgan fingerprint density at radius 2 is 1.75 bits per heavy atom. The van der Waals surface area contributed by atoms with Crippen LogP contribution in [-0.2, 0) is 9.53 Å². The monoisotopic (exact) mass is 384 g/mol. The molecule has 0 saturated carbocycles. The Labute approximate surface area is 166 Å². The van der Waals surface area contributed by atoms with Gasteiger partial charge in [-0.25, -0.2) is 4.79 Å². The van der Waals surface area contributed by atoms with Gasteiger partial charge >= 0.3 is 5.97 Å². The average molecular weight is 384 g/mol. The molecule has 150 valence electrons. The van der Waals surface area contributed by atoms with Gasteiger partial charge in [-0.15, -0.1) is 0 Å². The van der Waals surface area contributed by atoms with Crippen molar-refractivity contribution in [2.45, 2.75) is 53.5 Å². The molecule has 0 bridgehead atoms. The summed E-state index contributed by atoms with van der Waals surface area (Å²) in [5.41, 5.74) is 3.28. The summed E-state index contributed by atoms with van der Waals surface area (Å²) >= 11 is 0. The minimum absolute atomic E-state index is 0.190. The Bertz CT molecular complexity index is 852. The lowest BCUT2D eigenvalue weighted by atomic mass is 10.0. The van der Waals surface area contributed by atoms with Crippen LogP contribution in [0, 0.1) is 13.8 Å². The van der Waals surface area contributed by atoms with Gasteiger partial charge in [0.25, 0.3) is 0 Å². The fourth-order valence-electron chi connectivity index (χ4n) is 2.79. The van der Waals surface area contributed by atoms with Crippen LogP contribution in [0.3, 0.4) is 0 Å². The lowest BCUT2D eigenvalue weighted by Gasteiger charge is -2.15. The fraction of sp³-hybridized carbons (Fsp3) is 0.409. The fourth-order valence-corrected chi connectivity index (χ4v) is 2.79. The maximum atomic E-state index is 11.6. The van der Waals surface area contributed by atoms with E-state index in [0.717, 1.165) is 22.4 Å². The Kier molecular flexibility index (Phi) is 7.15. The lowest BCUT2D eigenvalue weighted by Crippen LogP contribution is -2.17. The molecule has 2 aromatic carbocycles. The molecule has 0 saturated heterocycles. The van der Waals surface area contributed by atoms with Gasteiger partial charge in [0.05, 0.1) is 12.3 Å². The van der Waals surface area contributed by atoms with Gasteiger partial charge in [0.15, 0.2) is 6.04 Å². The molecule has 0 aromatic heterocycles. The molecule has 0 aliphatic rings. The van der Waals surface area contributed by atoms with E-state index in [9.17, 15) is 9.90 Å². The van der Waals surface area contributed by atoms with E-state index in [4.69, 9.17) is 9.47 Å². The summed E-state index contributed by atoms with van der Waals surface area (Å²) in [7, 11) is 0. The lowest BCUT2D eigenvalue weighted by molar-refractivity contribution is -0.144. The van der Waals surface area contributed by atoms with Crippen molar-refractivity contribution in [3.05, 3.63) is 47.0 Å². The van der Waals surface area contributed by atoms with Crippen molar-refractivity contribution in [2.75, 3.05) is 6.61 Å². The van der Waals surface area contributed by atoms with Crippen molar-refractivity contribution in [1.29, 1.82) is 0 Å². The normalized spacial score (nSPS) is 12.4. The smallest absolute Gasteiger partial charge is 0.332 e. The van der Waals surface area contributed by atoms with Gasteiger partial charge in [-0.1, -0.05) is 13.8 Å². The highest BCUT2D eigenvalue weighted by molar-refractivity contribution is 5.75. The number of hydrogen-bond acceptors (Lipinski definition) is 6. The van der Waals surface area contributed by atoms with Crippen LogP contribution in [-0.4, -0.2) is 23.7 Å². The van der Waals surface area contributed by atoms with Crippen LogP contribution in [0.1, 0.15) is 50.3 Å². The maximum absolute atomic E-state index is 11.6. The molecule has 0 spiro atoms. The van der Waals surface area contributed by atoms with Gasteiger partial charge in [0, 0.05) is 5.56 Å².